The van der Waals surface area contributed by atoms with Crippen LogP contribution in [0.2, 0.25) is 0 Å². The summed E-state index contributed by atoms with van der Waals surface area (Å²) in [5.74, 6) is 1.02. The van der Waals surface area contributed by atoms with E-state index in [4.69, 9.17) is 4.74 Å². The van der Waals surface area contributed by atoms with Crippen molar-refractivity contribution in [2.75, 3.05) is 6.61 Å². The van der Waals surface area contributed by atoms with Crippen LogP contribution in [0.4, 0.5) is 0 Å². The van der Waals surface area contributed by atoms with Gasteiger partial charge in [-0.1, -0.05) is 12.8 Å². The molecule has 0 aromatic carbocycles. The van der Waals surface area contributed by atoms with Gasteiger partial charge in [0.25, 0.3) is 0 Å². The lowest BCUT2D eigenvalue weighted by Crippen LogP contribution is -2.40. The molecule has 2 aliphatic rings. The molecule has 1 amide bonds. The summed E-state index contributed by atoms with van der Waals surface area (Å²) in [4.78, 5) is 28.5. The third kappa shape index (κ3) is 2.92. The van der Waals surface area contributed by atoms with Crippen molar-refractivity contribution in [3.63, 3.8) is 0 Å². The lowest BCUT2D eigenvalue weighted by Gasteiger charge is -2.26. The number of ether oxygens (including phenoxy) is 1. The van der Waals surface area contributed by atoms with Crippen LogP contribution < -0.4 is 5.32 Å². The number of amides is 1. The lowest BCUT2D eigenvalue weighted by molar-refractivity contribution is -0.135. The Morgan fingerprint density at radius 1 is 1.41 bits per heavy atom. The summed E-state index contributed by atoms with van der Waals surface area (Å²) < 4.78 is 7.47. The first-order valence-electron chi connectivity index (χ1n) is 7.99. The van der Waals surface area contributed by atoms with Crippen molar-refractivity contribution in [2.24, 2.45) is 5.41 Å². The summed E-state index contributed by atoms with van der Waals surface area (Å²) in [6.07, 6.45) is 5.85. The lowest BCUT2D eigenvalue weighted by atomic mass is 9.80. The monoisotopic (exact) mass is 305 g/mol. The molecule has 0 bridgehead atoms. The molecule has 1 saturated carbocycles. The molecule has 1 fully saturated rings. The Labute approximate surface area is 130 Å². The number of aromatic nitrogens is 2. The maximum atomic E-state index is 12.6. The first kappa shape index (κ1) is 15.2. The highest BCUT2D eigenvalue weighted by atomic mass is 16.5. The molecule has 0 saturated heterocycles. The number of hydrogen-bond acceptors (Lipinski definition) is 4. The van der Waals surface area contributed by atoms with Crippen LogP contribution in [0.1, 0.15) is 50.5 Å². The van der Waals surface area contributed by atoms with Crippen molar-refractivity contribution in [3.8, 4) is 0 Å². The number of carbonyl (C=O) groups is 2. The summed E-state index contributed by atoms with van der Waals surface area (Å²) in [5, 5.41) is 3.03. The number of hydrogen-bond donors (Lipinski definition) is 1. The van der Waals surface area contributed by atoms with Gasteiger partial charge in [0.1, 0.15) is 18.2 Å². The number of rotatable bonds is 5. The van der Waals surface area contributed by atoms with Crippen LogP contribution in [0.15, 0.2) is 6.20 Å². The van der Waals surface area contributed by atoms with Gasteiger partial charge in [0.15, 0.2) is 0 Å². The van der Waals surface area contributed by atoms with Crippen molar-refractivity contribution < 1.29 is 14.3 Å². The van der Waals surface area contributed by atoms with E-state index in [2.05, 4.69) is 14.9 Å². The number of Topliss-reactive ketones (excluding diaryl/α,β-unsaturated/α-hetero) is 1. The van der Waals surface area contributed by atoms with Crippen LogP contribution in [0.3, 0.4) is 0 Å². The van der Waals surface area contributed by atoms with E-state index in [1.165, 1.54) is 0 Å². The van der Waals surface area contributed by atoms with Gasteiger partial charge in [0, 0.05) is 13.0 Å². The summed E-state index contributed by atoms with van der Waals surface area (Å²) in [7, 11) is 0. The third-order valence-electron chi connectivity index (χ3n) is 4.77. The Hall–Kier alpha value is -1.69. The van der Waals surface area contributed by atoms with Crippen LogP contribution in [0.25, 0.3) is 0 Å². The van der Waals surface area contributed by atoms with Gasteiger partial charge in [-0.25, -0.2) is 4.98 Å². The number of ketones is 1. The quantitative estimate of drug-likeness (QED) is 0.896. The van der Waals surface area contributed by atoms with Crippen LogP contribution >= 0.6 is 0 Å². The van der Waals surface area contributed by atoms with Gasteiger partial charge in [-0.15, -0.1) is 0 Å². The zero-order chi connectivity index (χ0) is 15.6. The van der Waals surface area contributed by atoms with Gasteiger partial charge in [0.05, 0.1) is 30.5 Å². The summed E-state index contributed by atoms with van der Waals surface area (Å²) in [5.41, 5.74) is 0.516. The maximum Gasteiger partial charge on any atom is 0.226 e. The van der Waals surface area contributed by atoms with E-state index in [1.807, 2.05) is 0 Å². The highest BCUT2D eigenvalue weighted by Gasteiger charge is 2.41. The molecule has 0 unspecified atom stereocenters. The summed E-state index contributed by atoms with van der Waals surface area (Å²) in [6.45, 7) is 4.02. The minimum absolute atomic E-state index is 0.0165. The van der Waals surface area contributed by atoms with Crippen molar-refractivity contribution in [1.82, 2.24) is 14.9 Å². The summed E-state index contributed by atoms with van der Waals surface area (Å²) >= 11 is 0. The maximum absolute atomic E-state index is 12.6. The predicted octanol–water partition coefficient (Wildman–Crippen LogP) is 1.57. The zero-order valence-electron chi connectivity index (χ0n) is 13.1. The van der Waals surface area contributed by atoms with E-state index in [9.17, 15) is 9.59 Å². The second-order valence-corrected chi connectivity index (χ2v) is 6.42. The van der Waals surface area contributed by atoms with Crippen LogP contribution in [0.5, 0.6) is 0 Å². The van der Waals surface area contributed by atoms with Gasteiger partial charge in [-0.2, -0.15) is 0 Å². The van der Waals surface area contributed by atoms with E-state index in [-0.39, 0.29) is 11.7 Å². The molecule has 1 N–H and O–H groups in total. The fourth-order valence-corrected chi connectivity index (χ4v) is 3.67. The number of carbonyl (C=O) groups excluding carboxylic acids is 2. The number of nitrogens with one attached hydrogen (secondary N) is 1. The molecule has 2 heterocycles. The molecule has 1 aromatic heterocycles. The van der Waals surface area contributed by atoms with E-state index in [1.54, 1.807) is 13.1 Å². The van der Waals surface area contributed by atoms with E-state index in [0.717, 1.165) is 43.7 Å². The van der Waals surface area contributed by atoms with Crippen LogP contribution in [0, 0.1) is 5.41 Å². The van der Waals surface area contributed by atoms with Gasteiger partial charge in [-0.05, 0) is 19.8 Å². The highest BCUT2D eigenvalue weighted by Crippen LogP contribution is 2.41. The predicted molar refractivity (Wildman–Crippen MR) is 79.9 cm³/mol. The normalized spacial score (nSPS) is 19.7. The first-order valence-corrected chi connectivity index (χ1v) is 7.99. The van der Waals surface area contributed by atoms with Crippen LogP contribution in [-0.4, -0.2) is 27.8 Å². The number of nitrogens with zero attached hydrogens (tertiary/aromatic N) is 2. The average Bonchev–Trinajstić information content (AvgIpc) is 3.12. The van der Waals surface area contributed by atoms with Crippen LogP contribution in [-0.2, 0) is 34.0 Å². The standard InChI is InChI=1S/C16H23N3O3/c1-12(20)8-16(4-2-3-5-16)15(21)18-10-13-9-17-14-11-22-7-6-19(13)14/h9H,2-8,10-11H2,1H3,(H,18,21). The molecule has 6 heteroatoms. The molecule has 1 aliphatic carbocycles. The Bertz CT molecular complexity index is 573. The molecule has 0 spiro atoms. The van der Waals surface area contributed by atoms with Gasteiger partial charge >= 0.3 is 0 Å². The molecule has 1 aromatic rings. The van der Waals surface area contributed by atoms with Gasteiger partial charge in [-0.3, -0.25) is 9.59 Å². The molecule has 0 radical (unpaired) electrons. The zero-order valence-corrected chi connectivity index (χ0v) is 13.1. The van der Waals surface area contributed by atoms with E-state index in [0.29, 0.717) is 26.2 Å². The second-order valence-electron chi connectivity index (χ2n) is 6.42. The molecule has 0 atom stereocenters. The fourth-order valence-electron chi connectivity index (χ4n) is 3.67. The Morgan fingerprint density at radius 3 is 2.91 bits per heavy atom. The minimum atomic E-state index is -0.486. The Morgan fingerprint density at radius 2 is 2.18 bits per heavy atom. The molecule has 3 rings (SSSR count). The molecule has 6 nitrogen and oxygen atoms in total. The second kappa shape index (κ2) is 6.20. The Balaban J connectivity index is 1.66. The summed E-state index contributed by atoms with van der Waals surface area (Å²) in [6, 6.07) is 0. The van der Waals surface area contributed by atoms with Gasteiger partial charge in [0.2, 0.25) is 5.91 Å². The average molecular weight is 305 g/mol. The SMILES string of the molecule is CC(=O)CC1(C(=O)NCc2cnc3n2CCOC3)CCCC1. The highest BCUT2D eigenvalue weighted by molar-refractivity contribution is 5.89. The molecule has 120 valence electrons. The first-order chi connectivity index (χ1) is 10.6. The topological polar surface area (TPSA) is 73.2 Å². The molecular formula is C16H23N3O3. The molecular weight excluding hydrogens is 282 g/mol. The molecule has 22 heavy (non-hydrogen) atoms. The smallest absolute Gasteiger partial charge is 0.226 e. The van der Waals surface area contributed by atoms with Gasteiger partial charge < -0.3 is 14.6 Å². The Kier molecular flexibility index (Phi) is 4.29. The number of fused-ring (bicyclic) bond motifs is 1. The van der Waals surface area contributed by atoms with Crippen molar-refractivity contribution in [3.05, 3.63) is 17.7 Å². The van der Waals surface area contributed by atoms with Crippen molar-refractivity contribution in [1.29, 1.82) is 0 Å². The number of imidazole rings is 1. The largest absolute Gasteiger partial charge is 0.372 e. The van der Waals surface area contributed by atoms with E-state index < -0.39 is 5.41 Å². The third-order valence-corrected chi connectivity index (χ3v) is 4.77. The minimum Gasteiger partial charge on any atom is -0.372 e. The van der Waals surface area contributed by atoms with Crippen molar-refractivity contribution >= 4 is 11.7 Å². The fraction of sp³-hybridized carbons (Fsp3) is 0.688. The van der Waals surface area contributed by atoms with E-state index >= 15 is 0 Å². The van der Waals surface area contributed by atoms with Crippen molar-refractivity contribution in [2.45, 2.75) is 58.7 Å². The molecule has 1 aliphatic heterocycles.